The van der Waals surface area contributed by atoms with Gasteiger partial charge in [-0.3, -0.25) is 4.79 Å². The van der Waals surface area contributed by atoms with E-state index in [1.54, 1.807) is 12.0 Å². The molecule has 1 rings (SSSR count). The van der Waals surface area contributed by atoms with E-state index in [-0.39, 0.29) is 5.91 Å². The molecule has 2 N–H and O–H groups in total. The van der Waals surface area contributed by atoms with E-state index in [0.717, 1.165) is 19.3 Å². The third-order valence-corrected chi connectivity index (χ3v) is 2.92. The van der Waals surface area contributed by atoms with Gasteiger partial charge in [-0.1, -0.05) is 0 Å². The lowest BCUT2D eigenvalue weighted by Gasteiger charge is -2.24. The van der Waals surface area contributed by atoms with Crippen molar-refractivity contribution in [1.29, 1.82) is 5.26 Å². The van der Waals surface area contributed by atoms with Gasteiger partial charge in [0.05, 0.1) is 18.5 Å². The quantitative estimate of drug-likeness (QED) is 0.630. The normalized spacial score (nSPS) is 16.3. The predicted molar refractivity (Wildman–Crippen MR) is 64.1 cm³/mol. The van der Waals surface area contributed by atoms with Crippen LogP contribution in [0.25, 0.3) is 0 Å². The van der Waals surface area contributed by atoms with Gasteiger partial charge in [0, 0.05) is 26.3 Å². The van der Waals surface area contributed by atoms with Gasteiger partial charge in [-0.25, -0.2) is 0 Å². The summed E-state index contributed by atoms with van der Waals surface area (Å²) in [5.41, 5.74) is 5.87. The number of nitrogens with two attached hydrogens (primary N) is 1. The minimum absolute atomic E-state index is 0.0150. The van der Waals surface area contributed by atoms with Crippen molar-refractivity contribution < 1.29 is 9.53 Å². The first kappa shape index (κ1) is 13.9. The van der Waals surface area contributed by atoms with Gasteiger partial charge in [-0.15, -0.1) is 0 Å². The molecule has 1 saturated carbocycles. The molecule has 1 fully saturated rings. The van der Waals surface area contributed by atoms with E-state index in [4.69, 9.17) is 15.7 Å². The minimum Gasteiger partial charge on any atom is -0.385 e. The van der Waals surface area contributed by atoms with Crippen LogP contribution in [0.4, 0.5) is 0 Å². The van der Waals surface area contributed by atoms with Crippen LogP contribution >= 0.6 is 0 Å². The van der Waals surface area contributed by atoms with Crippen LogP contribution in [-0.2, 0) is 9.53 Å². The molecule has 1 atom stereocenters. The second-order valence-corrected chi connectivity index (χ2v) is 4.41. The van der Waals surface area contributed by atoms with Crippen LogP contribution in [0.5, 0.6) is 0 Å². The van der Waals surface area contributed by atoms with Gasteiger partial charge in [0.25, 0.3) is 0 Å². The number of hydrogen-bond acceptors (Lipinski definition) is 4. The Balaban J connectivity index is 2.38. The molecule has 0 bridgehead atoms. The van der Waals surface area contributed by atoms with Gasteiger partial charge in [0.1, 0.15) is 0 Å². The zero-order valence-electron chi connectivity index (χ0n) is 10.4. The standard InChI is InChI=1S/C12H21N3O2/c1-17-9-2-4-11(14)12(16)15(8-3-7-13)10-5-6-10/h10-11H,2-6,8-9,14H2,1H3. The highest BCUT2D eigenvalue weighted by Crippen LogP contribution is 2.27. The summed E-state index contributed by atoms with van der Waals surface area (Å²) in [6.07, 6.45) is 3.90. The lowest BCUT2D eigenvalue weighted by atomic mass is 10.1. The fourth-order valence-electron chi connectivity index (χ4n) is 1.81. The predicted octanol–water partition coefficient (Wildman–Crippen LogP) is 0.645. The summed E-state index contributed by atoms with van der Waals surface area (Å²) in [5.74, 6) is -0.0150. The molecule has 0 saturated heterocycles. The molecule has 1 aliphatic carbocycles. The van der Waals surface area contributed by atoms with E-state index in [1.807, 2.05) is 0 Å². The highest BCUT2D eigenvalue weighted by molar-refractivity contribution is 5.82. The van der Waals surface area contributed by atoms with Crippen LogP contribution in [-0.4, -0.2) is 43.2 Å². The van der Waals surface area contributed by atoms with Gasteiger partial charge < -0.3 is 15.4 Å². The van der Waals surface area contributed by atoms with Crippen molar-refractivity contribution in [3.05, 3.63) is 0 Å². The van der Waals surface area contributed by atoms with Crippen molar-refractivity contribution >= 4 is 5.91 Å². The number of ether oxygens (including phenoxy) is 1. The maximum atomic E-state index is 12.1. The lowest BCUT2D eigenvalue weighted by molar-refractivity contribution is -0.133. The molecule has 5 heteroatoms. The first-order chi connectivity index (χ1) is 8.20. The first-order valence-corrected chi connectivity index (χ1v) is 6.12. The molecule has 0 aromatic rings. The Kier molecular flexibility index (Phi) is 5.95. The number of amides is 1. The molecule has 1 aliphatic rings. The van der Waals surface area contributed by atoms with Gasteiger partial charge >= 0.3 is 0 Å². The Hall–Kier alpha value is -1.12. The molecule has 0 aliphatic heterocycles. The van der Waals surface area contributed by atoms with Crippen LogP contribution in [0, 0.1) is 11.3 Å². The lowest BCUT2D eigenvalue weighted by Crippen LogP contribution is -2.45. The molecule has 96 valence electrons. The summed E-state index contributed by atoms with van der Waals surface area (Å²) in [5, 5.41) is 8.58. The number of nitriles is 1. The zero-order chi connectivity index (χ0) is 12.7. The zero-order valence-corrected chi connectivity index (χ0v) is 10.4. The maximum Gasteiger partial charge on any atom is 0.239 e. The fraction of sp³-hybridized carbons (Fsp3) is 0.833. The molecular formula is C12H21N3O2. The minimum atomic E-state index is -0.454. The van der Waals surface area contributed by atoms with Crippen molar-refractivity contribution in [1.82, 2.24) is 4.90 Å². The second kappa shape index (κ2) is 7.25. The fourth-order valence-corrected chi connectivity index (χ4v) is 1.81. The van der Waals surface area contributed by atoms with Crippen molar-refractivity contribution in [2.75, 3.05) is 20.3 Å². The molecule has 0 spiro atoms. The summed E-state index contributed by atoms with van der Waals surface area (Å²) in [6, 6.07) is 1.94. The molecule has 0 aromatic carbocycles. The van der Waals surface area contributed by atoms with E-state index in [1.165, 1.54) is 0 Å². The molecule has 0 radical (unpaired) electrons. The number of carbonyl (C=O) groups excluding carboxylic acids is 1. The maximum absolute atomic E-state index is 12.1. The second-order valence-electron chi connectivity index (χ2n) is 4.41. The largest absolute Gasteiger partial charge is 0.385 e. The van der Waals surface area contributed by atoms with E-state index >= 15 is 0 Å². The number of carbonyl (C=O) groups is 1. The molecule has 5 nitrogen and oxygen atoms in total. The van der Waals surface area contributed by atoms with Crippen molar-refractivity contribution in [3.8, 4) is 6.07 Å². The monoisotopic (exact) mass is 239 g/mol. The van der Waals surface area contributed by atoms with Gasteiger partial charge in [0.15, 0.2) is 0 Å². The Bertz CT molecular complexity index is 284. The Morgan fingerprint density at radius 2 is 2.35 bits per heavy atom. The molecule has 1 unspecified atom stereocenters. The van der Waals surface area contributed by atoms with Gasteiger partial charge in [-0.2, -0.15) is 5.26 Å². The highest BCUT2D eigenvalue weighted by atomic mass is 16.5. The van der Waals surface area contributed by atoms with Crippen LogP contribution in [0.3, 0.4) is 0 Å². The molecule has 0 heterocycles. The van der Waals surface area contributed by atoms with Crippen LogP contribution in [0.15, 0.2) is 0 Å². The van der Waals surface area contributed by atoms with Gasteiger partial charge in [-0.05, 0) is 25.7 Å². The summed E-state index contributed by atoms with van der Waals surface area (Å²) < 4.78 is 4.93. The topological polar surface area (TPSA) is 79.3 Å². The van der Waals surface area contributed by atoms with E-state index < -0.39 is 6.04 Å². The highest BCUT2D eigenvalue weighted by Gasteiger charge is 2.34. The van der Waals surface area contributed by atoms with Crippen molar-refractivity contribution in [3.63, 3.8) is 0 Å². The van der Waals surface area contributed by atoms with E-state index in [2.05, 4.69) is 6.07 Å². The van der Waals surface area contributed by atoms with E-state index in [0.29, 0.717) is 32.0 Å². The summed E-state index contributed by atoms with van der Waals surface area (Å²) in [7, 11) is 1.64. The SMILES string of the molecule is COCCCC(N)C(=O)N(CCC#N)C1CC1. The van der Waals surface area contributed by atoms with Crippen LogP contribution in [0.1, 0.15) is 32.1 Å². The molecule has 17 heavy (non-hydrogen) atoms. The Morgan fingerprint density at radius 3 is 2.88 bits per heavy atom. The number of rotatable bonds is 8. The summed E-state index contributed by atoms with van der Waals surface area (Å²) in [4.78, 5) is 13.9. The van der Waals surface area contributed by atoms with Crippen LogP contribution < -0.4 is 5.73 Å². The smallest absolute Gasteiger partial charge is 0.239 e. The molecule has 1 amide bonds. The van der Waals surface area contributed by atoms with Crippen molar-refractivity contribution in [2.45, 2.75) is 44.2 Å². The number of hydrogen-bond donors (Lipinski definition) is 1. The third-order valence-electron chi connectivity index (χ3n) is 2.92. The van der Waals surface area contributed by atoms with E-state index in [9.17, 15) is 4.79 Å². The Labute approximate surface area is 103 Å². The summed E-state index contributed by atoms with van der Waals surface area (Å²) in [6.45, 7) is 1.14. The van der Waals surface area contributed by atoms with Crippen molar-refractivity contribution in [2.24, 2.45) is 5.73 Å². The number of methoxy groups -OCH3 is 1. The summed E-state index contributed by atoms with van der Waals surface area (Å²) >= 11 is 0. The first-order valence-electron chi connectivity index (χ1n) is 6.12. The Morgan fingerprint density at radius 1 is 1.65 bits per heavy atom. The van der Waals surface area contributed by atoms with Gasteiger partial charge in [0.2, 0.25) is 5.91 Å². The molecular weight excluding hydrogens is 218 g/mol. The number of nitrogens with zero attached hydrogens (tertiary/aromatic N) is 2. The average molecular weight is 239 g/mol. The molecule has 0 aromatic heterocycles. The van der Waals surface area contributed by atoms with Crippen LogP contribution in [0.2, 0.25) is 0 Å². The third kappa shape index (κ3) is 4.72. The average Bonchev–Trinajstić information content (AvgIpc) is 3.14.